The zero-order valence-electron chi connectivity index (χ0n) is 10.7. The number of hydrogen-bond donors (Lipinski definition) is 1. The summed E-state index contributed by atoms with van der Waals surface area (Å²) in [7, 11) is -3.58. The van der Waals surface area contributed by atoms with Gasteiger partial charge in [-0.2, -0.15) is 0 Å². The third-order valence-electron chi connectivity index (χ3n) is 2.59. The van der Waals surface area contributed by atoms with Gasteiger partial charge in [-0.1, -0.05) is 11.6 Å². The largest absolute Gasteiger partial charge is 0.444 e. The van der Waals surface area contributed by atoms with Crippen LogP contribution in [0.3, 0.4) is 0 Å². The van der Waals surface area contributed by atoms with Crippen molar-refractivity contribution in [2.75, 3.05) is 0 Å². The van der Waals surface area contributed by atoms with E-state index in [4.69, 9.17) is 16.0 Å². The number of hydrogen-bond acceptors (Lipinski definition) is 5. The molecule has 0 aromatic carbocycles. The molecule has 0 radical (unpaired) electrons. The molecular weight excluding hydrogens is 308 g/mol. The van der Waals surface area contributed by atoms with Crippen molar-refractivity contribution < 1.29 is 12.8 Å². The quantitative estimate of drug-likeness (QED) is 0.940. The Labute approximate surface area is 120 Å². The van der Waals surface area contributed by atoms with E-state index >= 15 is 0 Å². The van der Waals surface area contributed by atoms with Gasteiger partial charge in [0.1, 0.15) is 9.97 Å². The fourth-order valence-electron chi connectivity index (χ4n) is 1.41. The van der Waals surface area contributed by atoms with Gasteiger partial charge in [-0.05, 0) is 32.4 Å². The molecule has 5 nitrogen and oxygen atoms in total. The first-order valence-corrected chi connectivity index (χ1v) is 8.16. The second-order valence-corrected chi connectivity index (χ2v) is 7.74. The van der Waals surface area contributed by atoms with Gasteiger partial charge in [-0.3, -0.25) is 0 Å². The molecule has 0 aliphatic heterocycles. The highest BCUT2D eigenvalue weighted by Crippen LogP contribution is 2.29. The molecule has 0 bridgehead atoms. The fourth-order valence-corrected chi connectivity index (χ4v) is 4.13. The molecule has 0 saturated heterocycles. The van der Waals surface area contributed by atoms with Crippen molar-refractivity contribution in [2.45, 2.75) is 31.5 Å². The molecule has 0 atom stereocenters. The van der Waals surface area contributed by atoms with Crippen LogP contribution in [-0.4, -0.2) is 13.4 Å². The third kappa shape index (κ3) is 3.17. The highest BCUT2D eigenvalue weighted by molar-refractivity contribution is 7.91. The third-order valence-corrected chi connectivity index (χ3v) is 6.02. The Balaban J connectivity index is 2.14. The summed E-state index contributed by atoms with van der Waals surface area (Å²) in [6.07, 6.45) is 0. The first-order valence-electron chi connectivity index (χ1n) is 5.48. The summed E-state index contributed by atoms with van der Waals surface area (Å²) in [6.45, 7) is 5.37. The van der Waals surface area contributed by atoms with E-state index in [-0.39, 0.29) is 10.8 Å². The Morgan fingerprint density at radius 2 is 2.11 bits per heavy atom. The number of rotatable bonds is 4. The number of sulfonamides is 1. The zero-order chi connectivity index (χ0) is 14.2. The molecule has 0 aliphatic carbocycles. The topological polar surface area (TPSA) is 72.2 Å². The number of oxazole rings is 1. The predicted octanol–water partition coefficient (Wildman–Crippen LogP) is 2.79. The van der Waals surface area contributed by atoms with Crippen LogP contribution in [0.1, 0.15) is 22.9 Å². The van der Waals surface area contributed by atoms with Crippen molar-refractivity contribution in [2.24, 2.45) is 0 Å². The van der Waals surface area contributed by atoms with Crippen molar-refractivity contribution >= 4 is 33.0 Å². The first kappa shape index (κ1) is 14.5. The maximum atomic E-state index is 12.0. The van der Waals surface area contributed by atoms with Crippen LogP contribution in [0.5, 0.6) is 0 Å². The van der Waals surface area contributed by atoms with Crippen LogP contribution in [-0.2, 0) is 16.6 Å². The normalized spacial score (nSPS) is 12.0. The lowest BCUT2D eigenvalue weighted by Gasteiger charge is -2.01. The minimum Gasteiger partial charge on any atom is -0.444 e. The van der Waals surface area contributed by atoms with Crippen LogP contribution < -0.4 is 4.72 Å². The Kier molecular flexibility index (Phi) is 4.00. The molecule has 8 heteroatoms. The van der Waals surface area contributed by atoms with Crippen LogP contribution in [0.2, 0.25) is 4.34 Å². The maximum absolute atomic E-state index is 12.0. The van der Waals surface area contributed by atoms with E-state index in [1.54, 1.807) is 26.8 Å². The number of nitrogens with one attached hydrogen (secondary N) is 1. The van der Waals surface area contributed by atoms with Gasteiger partial charge in [0.2, 0.25) is 5.89 Å². The standard InChI is InChI=1S/C11H13ClN2O3S2/c1-6-4-10(18-11(6)12)19(15,16)13-5-9-14-7(2)8(3)17-9/h4,13H,5H2,1-3H3. The van der Waals surface area contributed by atoms with Gasteiger partial charge < -0.3 is 4.42 Å². The van der Waals surface area contributed by atoms with Gasteiger partial charge in [-0.15, -0.1) is 11.3 Å². The number of aryl methyl sites for hydroxylation is 3. The zero-order valence-corrected chi connectivity index (χ0v) is 13.0. The van der Waals surface area contributed by atoms with Gasteiger partial charge >= 0.3 is 0 Å². The molecule has 104 valence electrons. The summed E-state index contributed by atoms with van der Waals surface area (Å²) in [6, 6.07) is 1.54. The van der Waals surface area contributed by atoms with Crippen molar-refractivity contribution in [1.82, 2.24) is 9.71 Å². The molecular formula is C11H13ClN2O3S2. The lowest BCUT2D eigenvalue weighted by Crippen LogP contribution is -2.22. The lowest BCUT2D eigenvalue weighted by atomic mass is 10.4. The minimum atomic E-state index is -3.58. The smallest absolute Gasteiger partial charge is 0.250 e. The van der Waals surface area contributed by atoms with Gasteiger partial charge in [0, 0.05) is 0 Å². The summed E-state index contributed by atoms with van der Waals surface area (Å²) in [4.78, 5) is 4.11. The average molecular weight is 321 g/mol. The number of halogens is 1. The molecule has 2 heterocycles. The van der Waals surface area contributed by atoms with Gasteiger partial charge in [0.05, 0.1) is 16.6 Å². The second kappa shape index (κ2) is 5.24. The summed E-state index contributed by atoms with van der Waals surface area (Å²) in [5.41, 5.74) is 1.50. The van der Waals surface area contributed by atoms with Crippen LogP contribution in [0.15, 0.2) is 14.7 Å². The molecule has 0 unspecified atom stereocenters. The molecule has 2 aromatic heterocycles. The molecule has 2 aromatic rings. The van der Waals surface area contributed by atoms with Crippen LogP contribution in [0.25, 0.3) is 0 Å². The van der Waals surface area contributed by atoms with E-state index < -0.39 is 10.0 Å². The van der Waals surface area contributed by atoms with Crippen LogP contribution in [0.4, 0.5) is 0 Å². The maximum Gasteiger partial charge on any atom is 0.250 e. The first-order chi connectivity index (χ1) is 8.79. The molecule has 0 spiro atoms. The van der Waals surface area contributed by atoms with E-state index in [1.807, 2.05) is 0 Å². The van der Waals surface area contributed by atoms with Crippen molar-refractivity contribution in [3.05, 3.63) is 33.3 Å². The minimum absolute atomic E-state index is 0.0194. The highest BCUT2D eigenvalue weighted by atomic mass is 35.5. The van der Waals surface area contributed by atoms with Crippen LogP contribution >= 0.6 is 22.9 Å². The Hall–Kier alpha value is -0.890. The number of aromatic nitrogens is 1. The van der Waals surface area contributed by atoms with Crippen molar-refractivity contribution in [3.8, 4) is 0 Å². The molecule has 0 aliphatic rings. The second-order valence-electron chi connectivity index (χ2n) is 4.10. The van der Waals surface area contributed by atoms with E-state index in [1.165, 1.54) is 0 Å². The molecule has 0 fully saturated rings. The van der Waals surface area contributed by atoms with Gasteiger partial charge in [0.25, 0.3) is 10.0 Å². The van der Waals surface area contributed by atoms with Crippen LogP contribution in [0, 0.1) is 20.8 Å². The van der Waals surface area contributed by atoms with E-state index in [0.717, 1.165) is 22.6 Å². The number of nitrogens with zero attached hydrogens (tertiary/aromatic N) is 1. The monoisotopic (exact) mass is 320 g/mol. The molecule has 19 heavy (non-hydrogen) atoms. The summed E-state index contributed by atoms with van der Waals surface area (Å²) >= 11 is 6.90. The Bertz CT molecular complexity index is 665. The Morgan fingerprint density at radius 3 is 2.58 bits per heavy atom. The molecule has 0 amide bonds. The predicted molar refractivity (Wildman–Crippen MR) is 74.1 cm³/mol. The summed E-state index contributed by atoms with van der Waals surface area (Å²) < 4.78 is 32.5. The van der Waals surface area contributed by atoms with Gasteiger partial charge in [0.15, 0.2) is 0 Å². The lowest BCUT2D eigenvalue weighted by molar-refractivity contribution is 0.463. The molecule has 2 rings (SSSR count). The van der Waals surface area contributed by atoms with Crippen molar-refractivity contribution in [3.63, 3.8) is 0 Å². The van der Waals surface area contributed by atoms with Gasteiger partial charge in [-0.25, -0.2) is 18.1 Å². The number of thiophene rings is 1. The van der Waals surface area contributed by atoms with Crippen molar-refractivity contribution in [1.29, 1.82) is 0 Å². The summed E-state index contributed by atoms with van der Waals surface area (Å²) in [5, 5.41) is 0. The SMILES string of the molecule is Cc1cc(S(=O)(=O)NCc2nc(C)c(C)o2)sc1Cl. The summed E-state index contributed by atoms with van der Waals surface area (Å²) in [5.74, 6) is 1.03. The molecule has 0 saturated carbocycles. The Morgan fingerprint density at radius 1 is 1.42 bits per heavy atom. The van der Waals surface area contributed by atoms with E-state index in [0.29, 0.717) is 16.0 Å². The fraction of sp³-hybridized carbons (Fsp3) is 0.364. The highest BCUT2D eigenvalue weighted by Gasteiger charge is 2.19. The van der Waals surface area contributed by atoms with E-state index in [2.05, 4.69) is 9.71 Å². The average Bonchev–Trinajstić information content (AvgIpc) is 2.82. The van der Waals surface area contributed by atoms with E-state index in [9.17, 15) is 8.42 Å². The molecule has 1 N–H and O–H groups in total.